The van der Waals surface area contributed by atoms with Gasteiger partial charge in [-0.25, -0.2) is 5.06 Å². The number of carbonyl (C=O) groups excluding carboxylic acids is 1. The Kier molecular flexibility index (Phi) is 2.77. The summed E-state index contributed by atoms with van der Waals surface area (Å²) in [6.07, 6.45) is 4.56. The van der Waals surface area contributed by atoms with Gasteiger partial charge in [-0.05, 0) is 37.3 Å². The SMILES string of the molecule is CON(C)C(=O)c1cc2c([nH]1)CCCC2. The Labute approximate surface area is 89.2 Å². The zero-order valence-electron chi connectivity index (χ0n) is 9.17. The Hall–Kier alpha value is -1.29. The van der Waals surface area contributed by atoms with Gasteiger partial charge in [-0.15, -0.1) is 0 Å². The molecular weight excluding hydrogens is 192 g/mol. The molecule has 1 amide bonds. The Bertz CT molecular complexity index is 347. The number of nitrogens with zero attached hydrogens (tertiary/aromatic N) is 1. The number of aryl methyl sites for hydroxylation is 2. The fourth-order valence-electron chi connectivity index (χ4n) is 1.97. The van der Waals surface area contributed by atoms with Crippen LogP contribution >= 0.6 is 0 Å². The molecule has 0 spiro atoms. The van der Waals surface area contributed by atoms with Crippen molar-refractivity contribution in [3.8, 4) is 0 Å². The molecule has 1 N–H and O–H groups in total. The molecular formula is C11H16N2O2. The summed E-state index contributed by atoms with van der Waals surface area (Å²) in [4.78, 5) is 19.8. The third-order valence-electron chi connectivity index (χ3n) is 2.90. The molecule has 4 nitrogen and oxygen atoms in total. The number of amides is 1. The Morgan fingerprint density at radius 3 is 2.87 bits per heavy atom. The summed E-state index contributed by atoms with van der Waals surface area (Å²) >= 11 is 0. The molecule has 82 valence electrons. The molecule has 15 heavy (non-hydrogen) atoms. The summed E-state index contributed by atoms with van der Waals surface area (Å²) in [5, 5.41) is 1.23. The number of fused-ring (bicyclic) bond motifs is 1. The molecule has 2 rings (SSSR count). The minimum Gasteiger partial charge on any atom is -0.354 e. The van der Waals surface area contributed by atoms with E-state index in [1.165, 1.54) is 36.3 Å². The van der Waals surface area contributed by atoms with Crippen LogP contribution < -0.4 is 0 Å². The molecule has 0 saturated heterocycles. The van der Waals surface area contributed by atoms with E-state index in [0.29, 0.717) is 5.69 Å². The molecule has 1 aliphatic rings. The number of aromatic amines is 1. The number of aromatic nitrogens is 1. The summed E-state index contributed by atoms with van der Waals surface area (Å²) in [6, 6.07) is 1.95. The fourth-order valence-corrected chi connectivity index (χ4v) is 1.97. The van der Waals surface area contributed by atoms with Crippen LogP contribution in [0.3, 0.4) is 0 Å². The van der Waals surface area contributed by atoms with Crippen LogP contribution in [0.4, 0.5) is 0 Å². The number of carbonyl (C=O) groups is 1. The molecule has 1 aromatic heterocycles. The lowest BCUT2D eigenvalue weighted by Crippen LogP contribution is -2.25. The minimum atomic E-state index is -0.119. The van der Waals surface area contributed by atoms with Crippen LogP contribution in [0.5, 0.6) is 0 Å². The highest BCUT2D eigenvalue weighted by Gasteiger charge is 2.18. The third-order valence-corrected chi connectivity index (χ3v) is 2.90. The summed E-state index contributed by atoms with van der Waals surface area (Å²) in [5.41, 5.74) is 3.13. The second kappa shape index (κ2) is 4.06. The first-order chi connectivity index (χ1) is 7.22. The van der Waals surface area contributed by atoms with E-state index in [-0.39, 0.29) is 5.91 Å². The van der Waals surface area contributed by atoms with Gasteiger partial charge in [-0.3, -0.25) is 9.63 Å². The number of hydrogen-bond acceptors (Lipinski definition) is 2. The lowest BCUT2D eigenvalue weighted by Gasteiger charge is -2.11. The average Bonchev–Trinajstić information content (AvgIpc) is 2.70. The molecule has 4 heteroatoms. The Balaban J connectivity index is 2.22. The van der Waals surface area contributed by atoms with Gasteiger partial charge in [-0.1, -0.05) is 0 Å². The smallest absolute Gasteiger partial charge is 0.293 e. The van der Waals surface area contributed by atoms with Crippen LogP contribution in [0.2, 0.25) is 0 Å². The highest BCUT2D eigenvalue weighted by molar-refractivity contribution is 5.92. The third kappa shape index (κ3) is 1.90. The maximum atomic E-state index is 11.8. The molecule has 0 saturated carbocycles. The van der Waals surface area contributed by atoms with Crippen molar-refractivity contribution in [1.82, 2.24) is 10.0 Å². The van der Waals surface area contributed by atoms with E-state index in [1.807, 2.05) is 6.07 Å². The van der Waals surface area contributed by atoms with Gasteiger partial charge in [0, 0.05) is 12.7 Å². The topological polar surface area (TPSA) is 45.3 Å². The molecule has 0 bridgehead atoms. The second-order valence-corrected chi connectivity index (χ2v) is 3.88. The molecule has 0 radical (unpaired) electrons. The van der Waals surface area contributed by atoms with Gasteiger partial charge in [0.05, 0.1) is 7.11 Å². The molecule has 1 aromatic rings. The van der Waals surface area contributed by atoms with Crippen LogP contribution in [-0.4, -0.2) is 30.1 Å². The van der Waals surface area contributed by atoms with Crippen molar-refractivity contribution in [3.05, 3.63) is 23.0 Å². The average molecular weight is 208 g/mol. The van der Waals surface area contributed by atoms with E-state index >= 15 is 0 Å². The van der Waals surface area contributed by atoms with Crippen molar-refractivity contribution in [2.75, 3.05) is 14.2 Å². The predicted octanol–water partition coefficient (Wildman–Crippen LogP) is 1.53. The van der Waals surface area contributed by atoms with Gasteiger partial charge in [0.15, 0.2) is 0 Å². The van der Waals surface area contributed by atoms with Crippen molar-refractivity contribution >= 4 is 5.91 Å². The molecule has 0 aliphatic heterocycles. The number of hydroxylamine groups is 2. The summed E-state index contributed by atoms with van der Waals surface area (Å²) in [7, 11) is 3.10. The van der Waals surface area contributed by atoms with Crippen molar-refractivity contribution in [2.45, 2.75) is 25.7 Å². The van der Waals surface area contributed by atoms with Crippen LogP contribution in [0.25, 0.3) is 0 Å². The van der Waals surface area contributed by atoms with Gasteiger partial charge in [0.1, 0.15) is 5.69 Å². The molecule has 0 atom stereocenters. The predicted molar refractivity (Wildman–Crippen MR) is 56.5 cm³/mol. The number of rotatable bonds is 2. The van der Waals surface area contributed by atoms with E-state index in [0.717, 1.165) is 12.8 Å². The fraction of sp³-hybridized carbons (Fsp3) is 0.545. The number of nitrogens with one attached hydrogen (secondary N) is 1. The zero-order chi connectivity index (χ0) is 10.8. The van der Waals surface area contributed by atoms with Crippen LogP contribution in [0.15, 0.2) is 6.07 Å². The first-order valence-electron chi connectivity index (χ1n) is 5.25. The lowest BCUT2D eigenvalue weighted by molar-refractivity contribution is -0.0760. The highest BCUT2D eigenvalue weighted by atomic mass is 16.7. The van der Waals surface area contributed by atoms with E-state index in [2.05, 4.69) is 4.98 Å². The van der Waals surface area contributed by atoms with E-state index in [1.54, 1.807) is 7.05 Å². The molecule has 0 aromatic carbocycles. The van der Waals surface area contributed by atoms with Gasteiger partial charge in [0.2, 0.25) is 0 Å². The Morgan fingerprint density at radius 1 is 1.47 bits per heavy atom. The first kappa shape index (κ1) is 10.2. The molecule has 1 heterocycles. The zero-order valence-corrected chi connectivity index (χ0v) is 9.17. The summed E-state index contributed by atoms with van der Waals surface area (Å²) < 4.78 is 0. The van der Waals surface area contributed by atoms with Gasteiger partial charge < -0.3 is 4.98 Å². The van der Waals surface area contributed by atoms with Crippen molar-refractivity contribution in [1.29, 1.82) is 0 Å². The van der Waals surface area contributed by atoms with Crippen LogP contribution in [0.1, 0.15) is 34.6 Å². The molecule has 0 unspecified atom stereocenters. The van der Waals surface area contributed by atoms with Gasteiger partial charge in [0.25, 0.3) is 5.91 Å². The maximum absolute atomic E-state index is 11.8. The van der Waals surface area contributed by atoms with Crippen LogP contribution in [-0.2, 0) is 17.7 Å². The standard InChI is InChI=1S/C11H16N2O2/c1-13(15-2)11(14)10-7-8-5-3-4-6-9(8)12-10/h7,12H,3-6H2,1-2H3. The summed E-state index contributed by atoms with van der Waals surface area (Å²) in [6.45, 7) is 0. The molecule has 1 aliphatic carbocycles. The second-order valence-electron chi connectivity index (χ2n) is 3.88. The minimum absolute atomic E-state index is 0.119. The summed E-state index contributed by atoms with van der Waals surface area (Å²) in [5.74, 6) is -0.119. The van der Waals surface area contributed by atoms with Crippen molar-refractivity contribution in [2.24, 2.45) is 0 Å². The quantitative estimate of drug-likeness (QED) is 0.749. The largest absolute Gasteiger partial charge is 0.354 e. The Morgan fingerprint density at radius 2 is 2.20 bits per heavy atom. The van der Waals surface area contributed by atoms with Gasteiger partial charge in [-0.2, -0.15) is 0 Å². The first-order valence-corrected chi connectivity index (χ1v) is 5.25. The number of hydrogen-bond donors (Lipinski definition) is 1. The van der Waals surface area contributed by atoms with E-state index in [9.17, 15) is 4.79 Å². The highest BCUT2D eigenvalue weighted by Crippen LogP contribution is 2.22. The molecule has 0 fully saturated rings. The van der Waals surface area contributed by atoms with Crippen LogP contribution in [0, 0.1) is 0 Å². The van der Waals surface area contributed by atoms with E-state index in [4.69, 9.17) is 4.84 Å². The monoisotopic (exact) mass is 208 g/mol. The number of H-pyrrole nitrogens is 1. The van der Waals surface area contributed by atoms with Crippen molar-refractivity contribution in [3.63, 3.8) is 0 Å². The van der Waals surface area contributed by atoms with Gasteiger partial charge >= 0.3 is 0 Å². The van der Waals surface area contributed by atoms with Crippen molar-refractivity contribution < 1.29 is 9.63 Å². The lowest BCUT2D eigenvalue weighted by atomic mass is 9.98. The van der Waals surface area contributed by atoms with E-state index < -0.39 is 0 Å². The maximum Gasteiger partial charge on any atom is 0.293 e. The normalized spacial score (nSPS) is 14.8.